The number of halogens is 1. The number of ketones is 1. The molecule has 0 saturated heterocycles. The summed E-state index contributed by atoms with van der Waals surface area (Å²) in [5.74, 6) is -1.50. The Balaban J connectivity index is 1.67. The van der Waals surface area contributed by atoms with Gasteiger partial charge in [0.05, 0.1) is 0 Å². The highest BCUT2D eigenvalue weighted by molar-refractivity contribution is 5.98. The Morgan fingerprint density at radius 3 is 2.46 bits per heavy atom. The van der Waals surface area contributed by atoms with Crippen molar-refractivity contribution in [1.29, 1.82) is 0 Å². The van der Waals surface area contributed by atoms with Crippen molar-refractivity contribution in [3.8, 4) is 0 Å². The van der Waals surface area contributed by atoms with E-state index in [0.717, 1.165) is 5.56 Å². The highest BCUT2D eigenvalue weighted by Crippen LogP contribution is 2.15. The first-order valence-corrected chi connectivity index (χ1v) is 7.85. The Labute approximate surface area is 148 Å². The average molecular weight is 354 g/mol. The van der Waals surface area contributed by atoms with Gasteiger partial charge in [0, 0.05) is 12.0 Å². The zero-order valence-electron chi connectivity index (χ0n) is 13.7. The first-order valence-electron chi connectivity index (χ1n) is 7.85. The van der Waals surface area contributed by atoms with E-state index < -0.39 is 30.2 Å². The summed E-state index contributed by atoms with van der Waals surface area (Å²) in [5, 5.41) is 10.8. The summed E-state index contributed by atoms with van der Waals surface area (Å²) in [6.07, 6.45) is 1.63. The fourth-order valence-corrected chi connectivity index (χ4v) is 2.39. The third-order valence-corrected chi connectivity index (χ3v) is 3.74. The molecule has 3 rings (SSSR count). The number of benzene rings is 2. The standard InChI is InChI=1S/C18H15FN4O3/c19-15-8-6-14(7-9-15)17(24)11-26-18(25)16(23-12-20-21-22-23)10-13-4-2-1-3-5-13/h1-9,12,16H,10-11H2/t16-/m0/s1. The van der Waals surface area contributed by atoms with E-state index in [-0.39, 0.29) is 5.56 Å². The summed E-state index contributed by atoms with van der Waals surface area (Å²) >= 11 is 0. The van der Waals surface area contributed by atoms with Crippen LogP contribution in [-0.2, 0) is 16.0 Å². The van der Waals surface area contributed by atoms with Crippen molar-refractivity contribution in [1.82, 2.24) is 20.2 Å². The molecule has 0 saturated carbocycles. The molecule has 0 radical (unpaired) electrons. The number of nitrogens with zero attached hydrogens (tertiary/aromatic N) is 4. The Bertz CT molecular complexity index is 867. The molecule has 3 aromatic rings. The maximum atomic E-state index is 12.9. The molecule has 132 valence electrons. The Kier molecular flexibility index (Phi) is 5.43. The third kappa shape index (κ3) is 4.35. The molecule has 1 heterocycles. The lowest BCUT2D eigenvalue weighted by atomic mass is 10.1. The Hall–Kier alpha value is -3.42. The smallest absolute Gasteiger partial charge is 0.331 e. The number of ether oxygens (including phenoxy) is 1. The zero-order chi connectivity index (χ0) is 18.4. The van der Waals surface area contributed by atoms with E-state index in [1.807, 2.05) is 30.3 Å². The van der Waals surface area contributed by atoms with Gasteiger partial charge in [-0.3, -0.25) is 4.79 Å². The predicted molar refractivity (Wildman–Crippen MR) is 88.7 cm³/mol. The topological polar surface area (TPSA) is 87.0 Å². The number of carbonyl (C=O) groups is 2. The van der Waals surface area contributed by atoms with Crippen molar-refractivity contribution in [2.45, 2.75) is 12.5 Å². The van der Waals surface area contributed by atoms with Gasteiger partial charge in [0.1, 0.15) is 12.1 Å². The van der Waals surface area contributed by atoms with E-state index in [1.165, 1.54) is 35.3 Å². The van der Waals surface area contributed by atoms with Crippen LogP contribution in [0.3, 0.4) is 0 Å². The predicted octanol–water partition coefficient (Wildman–Crippen LogP) is 2.02. The summed E-state index contributed by atoms with van der Waals surface area (Å²) in [5.41, 5.74) is 1.16. The molecule has 0 bridgehead atoms. The quantitative estimate of drug-likeness (QED) is 0.477. The number of Topliss-reactive ketones (excluding diaryl/α,β-unsaturated/α-hetero) is 1. The molecule has 1 atom stereocenters. The lowest BCUT2D eigenvalue weighted by Crippen LogP contribution is -2.26. The van der Waals surface area contributed by atoms with E-state index >= 15 is 0 Å². The molecule has 0 N–H and O–H groups in total. The monoisotopic (exact) mass is 354 g/mol. The molecule has 0 amide bonds. The first kappa shape index (κ1) is 17.4. The van der Waals surface area contributed by atoms with Crippen LogP contribution in [0, 0.1) is 5.82 Å². The molecule has 7 nitrogen and oxygen atoms in total. The lowest BCUT2D eigenvalue weighted by Gasteiger charge is -2.15. The minimum atomic E-state index is -0.798. The second-order valence-corrected chi connectivity index (χ2v) is 5.53. The zero-order valence-corrected chi connectivity index (χ0v) is 13.7. The van der Waals surface area contributed by atoms with Gasteiger partial charge in [-0.15, -0.1) is 5.10 Å². The van der Waals surface area contributed by atoms with Gasteiger partial charge in [0.15, 0.2) is 18.4 Å². The molecule has 2 aromatic carbocycles. The van der Waals surface area contributed by atoms with Crippen molar-refractivity contribution in [2.75, 3.05) is 6.61 Å². The van der Waals surface area contributed by atoms with Gasteiger partial charge in [-0.25, -0.2) is 13.9 Å². The number of aromatic nitrogens is 4. The minimum Gasteiger partial charge on any atom is -0.456 e. The van der Waals surface area contributed by atoms with Gasteiger partial charge in [0.25, 0.3) is 0 Å². The average Bonchev–Trinajstić information content (AvgIpc) is 3.19. The van der Waals surface area contributed by atoms with Crippen molar-refractivity contribution >= 4 is 11.8 Å². The number of hydrogen-bond acceptors (Lipinski definition) is 6. The first-order chi connectivity index (χ1) is 12.6. The molecule has 26 heavy (non-hydrogen) atoms. The summed E-state index contributed by atoms with van der Waals surface area (Å²) < 4.78 is 19.4. The van der Waals surface area contributed by atoms with Gasteiger partial charge in [0.2, 0.25) is 0 Å². The number of tetrazole rings is 1. The van der Waals surface area contributed by atoms with E-state index in [0.29, 0.717) is 6.42 Å². The summed E-state index contributed by atoms with van der Waals surface area (Å²) in [7, 11) is 0. The normalized spacial score (nSPS) is 11.7. The summed E-state index contributed by atoms with van der Waals surface area (Å²) in [6, 6.07) is 13.6. The second-order valence-electron chi connectivity index (χ2n) is 5.53. The van der Waals surface area contributed by atoms with Gasteiger partial charge >= 0.3 is 5.97 Å². The van der Waals surface area contributed by atoms with E-state index in [1.54, 1.807) is 0 Å². The van der Waals surface area contributed by atoms with Crippen LogP contribution in [0.5, 0.6) is 0 Å². The maximum absolute atomic E-state index is 12.9. The molecular formula is C18H15FN4O3. The van der Waals surface area contributed by atoms with E-state index in [2.05, 4.69) is 15.5 Å². The number of esters is 1. The molecule has 8 heteroatoms. The SMILES string of the molecule is O=C(COC(=O)[C@H](Cc1ccccc1)n1cnnn1)c1ccc(F)cc1. The highest BCUT2D eigenvalue weighted by atomic mass is 19.1. The third-order valence-electron chi connectivity index (χ3n) is 3.74. The van der Waals surface area contributed by atoms with Crippen molar-refractivity contribution < 1.29 is 18.7 Å². The molecular weight excluding hydrogens is 339 g/mol. The summed E-state index contributed by atoms with van der Waals surface area (Å²) in [6.45, 7) is -0.447. The van der Waals surface area contributed by atoms with Crippen LogP contribution in [0.15, 0.2) is 60.9 Å². The minimum absolute atomic E-state index is 0.265. The van der Waals surface area contributed by atoms with Gasteiger partial charge in [-0.05, 0) is 40.3 Å². The lowest BCUT2D eigenvalue weighted by molar-refractivity contribution is -0.146. The largest absolute Gasteiger partial charge is 0.456 e. The molecule has 0 aliphatic rings. The van der Waals surface area contributed by atoms with Crippen LogP contribution >= 0.6 is 0 Å². The van der Waals surface area contributed by atoms with Gasteiger partial charge in [-0.1, -0.05) is 30.3 Å². The molecule has 0 aliphatic carbocycles. The van der Waals surface area contributed by atoms with E-state index in [9.17, 15) is 14.0 Å². The van der Waals surface area contributed by atoms with Crippen molar-refractivity contribution in [3.05, 3.63) is 77.9 Å². The Morgan fingerprint density at radius 1 is 1.08 bits per heavy atom. The maximum Gasteiger partial charge on any atom is 0.331 e. The van der Waals surface area contributed by atoms with Crippen LogP contribution in [0.2, 0.25) is 0 Å². The fraction of sp³-hybridized carbons (Fsp3) is 0.167. The van der Waals surface area contributed by atoms with Crippen molar-refractivity contribution in [3.63, 3.8) is 0 Å². The summed E-state index contributed by atoms with van der Waals surface area (Å²) in [4.78, 5) is 24.6. The van der Waals surface area contributed by atoms with Crippen LogP contribution < -0.4 is 0 Å². The molecule has 0 fully saturated rings. The van der Waals surface area contributed by atoms with Crippen molar-refractivity contribution in [2.24, 2.45) is 0 Å². The van der Waals surface area contributed by atoms with Gasteiger partial charge < -0.3 is 4.74 Å². The van der Waals surface area contributed by atoms with Crippen LogP contribution in [0.1, 0.15) is 22.0 Å². The second kappa shape index (κ2) is 8.11. The molecule has 0 aliphatic heterocycles. The van der Waals surface area contributed by atoms with Crippen LogP contribution in [0.25, 0.3) is 0 Å². The van der Waals surface area contributed by atoms with Crippen LogP contribution in [-0.4, -0.2) is 38.6 Å². The number of carbonyl (C=O) groups excluding carboxylic acids is 2. The van der Waals surface area contributed by atoms with E-state index in [4.69, 9.17) is 4.74 Å². The number of hydrogen-bond donors (Lipinski definition) is 0. The fourth-order valence-electron chi connectivity index (χ4n) is 2.39. The van der Waals surface area contributed by atoms with Crippen LogP contribution in [0.4, 0.5) is 4.39 Å². The number of rotatable bonds is 7. The molecule has 1 aromatic heterocycles. The molecule has 0 spiro atoms. The Morgan fingerprint density at radius 2 is 1.81 bits per heavy atom. The van der Waals surface area contributed by atoms with Gasteiger partial charge in [-0.2, -0.15) is 0 Å². The molecule has 0 unspecified atom stereocenters. The highest BCUT2D eigenvalue weighted by Gasteiger charge is 2.25.